The second-order valence-electron chi connectivity index (χ2n) is 6.69. The number of aryl methyl sites for hydroxylation is 1. The molecular formula is C20H18N6O. The molecule has 1 aliphatic carbocycles. The van der Waals surface area contributed by atoms with Crippen LogP contribution in [0.1, 0.15) is 18.9 Å². The summed E-state index contributed by atoms with van der Waals surface area (Å²) in [6.07, 6.45) is 5.08. The number of hydrogen-bond donors (Lipinski definition) is 2. The highest BCUT2D eigenvalue weighted by Crippen LogP contribution is 2.38. The molecule has 134 valence electrons. The first-order valence-electron chi connectivity index (χ1n) is 8.81. The number of nitriles is 1. The molecule has 1 fully saturated rings. The molecule has 1 aliphatic rings. The Morgan fingerprint density at radius 3 is 2.96 bits per heavy atom. The maximum atomic E-state index is 12.2. The van der Waals surface area contributed by atoms with E-state index in [1.54, 1.807) is 12.3 Å². The summed E-state index contributed by atoms with van der Waals surface area (Å²) in [4.78, 5) is 16.4. The first-order valence-corrected chi connectivity index (χ1v) is 8.81. The zero-order valence-electron chi connectivity index (χ0n) is 14.8. The van der Waals surface area contributed by atoms with Crippen molar-refractivity contribution in [3.8, 4) is 17.2 Å². The van der Waals surface area contributed by atoms with E-state index in [9.17, 15) is 4.79 Å². The van der Waals surface area contributed by atoms with Crippen molar-refractivity contribution in [2.75, 3.05) is 11.1 Å². The van der Waals surface area contributed by atoms with Crippen LogP contribution < -0.4 is 11.1 Å². The van der Waals surface area contributed by atoms with Crippen LogP contribution in [0.5, 0.6) is 0 Å². The summed E-state index contributed by atoms with van der Waals surface area (Å²) in [6.45, 7) is 2.09. The van der Waals surface area contributed by atoms with E-state index in [-0.39, 0.29) is 17.7 Å². The molecule has 0 spiro atoms. The minimum atomic E-state index is -0.258. The molecule has 27 heavy (non-hydrogen) atoms. The minimum absolute atomic E-state index is 0.195. The Morgan fingerprint density at radius 1 is 1.37 bits per heavy atom. The summed E-state index contributed by atoms with van der Waals surface area (Å²) in [6, 6.07) is 9.70. The van der Waals surface area contributed by atoms with E-state index < -0.39 is 0 Å². The number of aromatic nitrogens is 3. The first-order chi connectivity index (χ1) is 13.1. The van der Waals surface area contributed by atoms with Crippen LogP contribution in [-0.4, -0.2) is 21.1 Å². The highest BCUT2D eigenvalue weighted by molar-refractivity contribution is 5.98. The van der Waals surface area contributed by atoms with E-state index in [4.69, 9.17) is 11.0 Å². The summed E-state index contributed by atoms with van der Waals surface area (Å²) < 4.78 is 0. The highest BCUT2D eigenvalue weighted by atomic mass is 16.2. The van der Waals surface area contributed by atoms with Gasteiger partial charge in [-0.05, 0) is 48.2 Å². The molecular weight excluding hydrogens is 340 g/mol. The van der Waals surface area contributed by atoms with Crippen LogP contribution in [0.3, 0.4) is 0 Å². The lowest BCUT2D eigenvalue weighted by molar-refractivity contribution is -0.117. The molecule has 2 heterocycles. The van der Waals surface area contributed by atoms with Gasteiger partial charge < -0.3 is 11.1 Å². The number of nitrogens with two attached hydrogens (primary N) is 1. The number of nitrogen functional groups attached to an aromatic ring is 1. The molecule has 4 rings (SSSR count). The molecule has 0 aliphatic heterocycles. The largest absolute Gasteiger partial charge is 0.397 e. The Kier molecular flexibility index (Phi) is 4.16. The Labute approximate surface area is 156 Å². The van der Waals surface area contributed by atoms with E-state index in [0.717, 1.165) is 22.9 Å². The molecule has 2 atom stereocenters. The van der Waals surface area contributed by atoms with Crippen LogP contribution in [0, 0.1) is 23.2 Å². The number of amides is 1. The number of carbonyl (C=O) groups excluding carboxylic acids is 1. The third kappa shape index (κ3) is 3.17. The monoisotopic (exact) mass is 358 g/mol. The fourth-order valence-electron chi connectivity index (χ4n) is 3.24. The molecule has 3 N–H and O–H groups in total. The third-order valence-corrected chi connectivity index (χ3v) is 4.87. The minimum Gasteiger partial charge on any atom is -0.397 e. The molecule has 1 amide bonds. The lowest BCUT2D eigenvalue weighted by atomic mass is 9.98. The molecule has 1 aromatic carbocycles. The molecule has 0 unspecified atom stereocenters. The molecule has 7 heteroatoms. The summed E-state index contributed by atoms with van der Waals surface area (Å²) in [7, 11) is 0. The van der Waals surface area contributed by atoms with Crippen molar-refractivity contribution in [2.24, 2.45) is 11.8 Å². The van der Waals surface area contributed by atoms with Crippen molar-refractivity contribution in [3.05, 3.63) is 42.2 Å². The highest BCUT2D eigenvalue weighted by Gasteiger charge is 2.43. The fraction of sp³-hybridized carbons (Fsp3) is 0.250. The van der Waals surface area contributed by atoms with Crippen molar-refractivity contribution < 1.29 is 4.79 Å². The van der Waals surface area contributed by atoms with Crippen molar-refractivity contribution in [1.29, 1.82) is 5.26 Å². The zero-order valence-corrected chi connectivity index (χ0v) is 14.8. The van der Waals surface area contributed by atoms with Crippen LogP contribution in [0.25, 0.3) is 22.0 Å². The normalized spacial score (nSPS) is 18.1. The molecule has 0 saturated heterocycles. The van der Waals surface area contributed by atoms with Gasteiger partial charge in [-0.25, -0.2) is 0 Å². The summed E-state index contributed by atoms with van der Waals surface area (Å²) in [5, 5.41) is 20.6. The van der Waals surface area contributed by atoms with Crippen molar-refractivity contribution in [2.45, 2.75) is 19.8 Å². The third-order valence-electron chi connectivity index (χ3n) is 4.87. The van der Waals surface area contributed by atoms with Crippen LogP contribution in [0.4, 0.5) is 11.5 Å². The lowest BCUT2D eigenvalue weighted by Gasteiger charge is -2.11. The standard InChI is InChI=1S/C20H18N6O/c1-2-11-3-4-23-10-16(11)12-5-13-8-18(25-26-19(13)17(22)7-12)24-20(27)15-6-14(15)9-21/h3-5,7-8,10,14-15H,2,6,22H2,1H3,(H,24,25,27)/t14-,15+/m0/s1. The van der Waals surface area contributed by atoms with Gasteiger partial charge in [0.1, 0.15) is 5.52 Å². The number of rotatable bonds is 4. The molecule has 1 saturated carbocycles. The van der Waals surface area contributed by atoms with Gasteiger partial charge in [0.25, 0.3) is 0 Å². The van der Waals surface area contributed by atoms with Gasteiger partial charge in [0, 0.05) is 23.3 Å². The van der Waals surface area contributed by atoms with Crippen LogP contribution in [-0.2, 0) is 11.2 Å². The second kappa shape index (κ2) is 6.65. The van der Waals surface area contributed by atoms with Crippen molar-refractivity contribution in [1.82, 2.24) is 15.2 Å². The summed E-state index contributed by atoms with van der Waals surface area (Å²) in [5.74, 6) is -0.292. The van der Waals surface area contributed by atoms with Gasteiger partial charge in [0.15, 0.2) is 5.82 Å². The molecule has 0 bridgehead atoms. The topological polar surface area (TPSA) is 118 Å². The number of benzene rings is 1. The molecule has 0 radical (unpaired) electrons. The summed E-state index contributed by atoms with van der Waals surface area (Å²) in [5.41, 5.74) is 10.4. The maximum Gasteiger partial charge on any atom is 0.230 e. The smallest absolute Gasteiger partial charge is 0.230 e. The average Bonchev–Trinajstić information content (AvgIpc) is 3.47. The van der Waals surface area contributed by atoms with Gasteiger partial charge in [-0.3, -0.25) is 9.78 Å². The Bertz CT molecular complexity index is 1090. The van der Waals surface area contributed by atoms with E-state index in [1.165, 1.54) is 5.56 Å². The van der Waals surface area contributed by atoms with Gasteiger partial charge in [0.05, 0.1) is 23.6 Å². The van der Waals surface area contributed by atoms with Crippen LogP contribution in [0.15, 0.2) is 36.7 Å². The van der Waals surface area contributed by atoms with Gasteiger partial charge in [0.2, 0.25) is 5.91 Å². The Hall–Kier alpha value is -3.53. The van der Waals surface area contributed by atoms with E-state index in [1.807, 2.05) is 24.4 Å². The molecule has 3 aromatic rings. The predicted molar refractivity (Wildman–Crippen MR) is 102 cm³/mol. The summed E-state index contributed by atoms with van der Waals surface area (Å²) >= 11 is 0. The number of nitrogens with zero attached hydrogens (tertiary/aromatic N) is 4. The number of anilines is 2. The predicted octanol–water partition coefficient (Wildman–Crippen LogP) is 2.93. The SMILES string of the molecule is CCc1ccncc1-c1cc(N)c2nnc(NC(=O)[C@@H]3C[C@H]3C#N)cc2c1. The molecule has 7 nitrogen and oxygen atoms in total. The quantitative estimate of drug-likeness (QED) is 0.692. The molecule has 2 aromatic heterocycles. The number of fused-ring (bicyclic) bond motifs is 1. The van der Waals surface area contributed by atoms with E-state index >= 15 is 0 Å². The maximum absolute atomic E-state index is 12.2. The number of carbonyl (C=O) groups is 1. The van der Waals surface area contributed by atoms with Gasteiger partial charge >= 0.3 is 0 Å². The van der Waals surface area contributed by atoms with E-state index in [2.05, 4.69) is 33.5 Å². The van der Waals surface area contributed by atoms with Crippen molar-refractivity contribution >= 4 is 28.3 Å². The first kappa shape index (κ1) is 16.9. The number of nitrogens with one attached hydrogen (secondary N) is 1. The Morgan fingerprint density at radius 2 is 2.22 bits per heavy atom. The van der Waals surface area contributed by atoms with Crippen molar-refractivity contribution in [3.63, 3.8) is 0 Å². The van der Waals surface area contributed by atoms with Gasteiger partial charge in [-0.2, -0.15) is 5.26 Å². The van der Waals surface area contributed by atoms with E-state index in [0.29, 0.717) is 23.4 Å². The average molecular weight is 358 g/mol. The van der Waals surface area contributed by atoms with Gasteiger partial charge in [-0.1, -0.05) is 6.92 Å². The number of hydrogen-bond acceptors (Lipinski definition) is 6. The lowest BCUT2D eigenvalue weighted by Crippen LogP contribution is -2.16. The Balaban J connectivity index is 1.70. The zero-order chi connectivity index (χ0) is 19.0. The van der Waals surface area contributed by atoms with Crippen LogP contribution in [0.2, 0.25) is 0 Å². The fourth-order valence-corrected chi connectivity index (χ4v) is 3.24. The van der Waals surface area contributed by atoms with Crippen LogP contribution >= 0.6 is 0 Å². The number of pyridine rings is 1. The second-order valence-corrected chi connectivity index (χ2v) is 6.69. The van der Waals surface area contributed by atoms with Gasteiger partial charge in [-0.15, -0.1) is 10.2 Å².